The second kappa shape index (κ2) is 7.28. The largest absolute Gasteiger partial charge is 0.506 e. The molecule has 22 heavy (non-hydrogen) atoms. The molecule has 0 amide bonds. The van der Waals surface area contributed by atoms with E-state index >= 15 is 0 Å². The Hall–Kier alpha value is -2.80. The highest BCUT2D eigenvalue weighted by Crippen LogP contribution is 2.32. The molecule has 0 saturated heterocycles. The molecule has 7 heteroatoms. The van der Waals surface area contributed by atoms with Gasteiger partial charge in [0, 0.05) is 12.7 Å². The molecule has 0 aliphatic heterocycles. The third kappa shape index (κ3) is 3.86. The van der Waals surface area contributed by atoms with E-state index in [0.717, 1.165) is 5.56 Å². The first-order valence-electron chi connectivity index (χ1n) is 6.69. The predicted octanol–water partition coefficient (Wildman–Crippen LogP) is 3.64. The molecular weight excluding hydrogens is 286 g/mol. The number of aliphatic hydroxyl groups excluding tert-OH is 1. The van der Waals surface area contributed by atoms with Gasteiger partial charge in [0.1, 0.15) is 11.4 Å². The molecule has 0 bridgehead atoms. The Morgan fingerprint density at radius 1 is 1.09 bits per heavy atom. The molecule has 0 radical (unpaired) electrons. The van der Waals surface area contributed by atoms with Gasteiger partial charge >= 0.3 is 0 Å². The fourth-order valence-electron chi connectivity index (χ4n) is 1.90. The maximum absolute atomic E-state index is 10.9. The van der Waals surface area contributed by atoms with Crippen molar-refractivity contribution in [1.29, 1.82) is 0 Å². The molecule has 114 valence electrons. The van der Waals surface area contributed by atoms with Gasteiger partial charge in [-0.25, -0.2) is 0 Å². The minimum absolute atomic E-state index is 0.0601. The van der Waals surface area contributed by atoms with Gasteiger partial charge in [0.2, 0.25) is 0 Å². The SMILES string of the molecule is O=[N+]([O-])c1ccccc1/N=N/c1cc(CCCO)ccc1O. The number of rotatable bonds is 6. The second-order valence-electron chi connectivity index (χ2n) is 4.60. The maximum Gasteiger partial charge on any atom is 0.296 e. The summed E-state index contributed by atoms with van der Waals surface area (Å²) >= 11 is 0. The zero-order chi connectivity index (χ0) is 15.9. The van der Waals surface area contributed by atoms with E-state index in [9.17, 15) is 15.2 Å². The number of hydrogen-bond acceptors (Lipinski definition) is 6. The van der Waals surface area contributed by atoms with Gasteiger partial charge in [-0.15, -0.1) is 10.2 Å². The van der Waals surface area contributed by atoms with Gasteiger partial charge < -0.3 is 10.2 Å². The minimum Gasteiger partial charge on any atom is -0.506 e. The van der Waals surface area contributed by atoms with Crippen LogP contribution in [0.4, 0.5) is 17.1 Å². The Morgan fingerprint density at radius 3 is 2.55 bits per heavy atom. The number of aliphatic hydroxyl groups is 1. The van der Waals surface area contributed by atoms with Crippen LogP contribution in [0.3, 0.4) is 0 Å². The standard InChI is InChI=1S/C15H15N3O4/c19-9-3-4-11-7-8-15(20)13(10-11)17-16-12-5-1-2-6-14(12)18(21)22/h1-2,5-8,10,19-20H,3-4,9H2/b17-16+. The molecular formula is C15H15N3O4. The van der Waals surface area contributed by atoms with E-state index in [1.54, 1.807) is 24.3 Å². The van der Waals surface area contributed by atoms with E-state index in [-0.39, 0.29) is 29.4 Å². The lowest BCUT2D eigenvalue weighted by atomic mass is 10.1. The van der Waals surface area contributed by atoms with Crippen LogP contribution in [0.5, 0.6) is 5.75 Å². The number of benzene rings is 2. The Morgan fingerprint density at radius 2 is 1.82 bits per heavy atom. The van der Waals surface area contributed by atoms with E-state index in [0.29, 0.717) is 12.8 Å². The molecule has 0 heterocycles. The molecule has 0 unspecified atom stereocenters. The zero-order valence-corrected chi connectivity index (χ0v) is 11.7. The number of phenols is 1. The summed E-state index contributed by atoms with van der Waals surface area (Å²) in [4.78, 5) is 10.4. The number of aromatic hydroxyl groups is 1. The van der Waals surface area contributed by atoms with Crippen molar-refractivity contribution in [3.8, 4) is 5.75 Å². The van der Waals surface area contributed by atoms with E-state index in [4.69, 9.17) is 5.11 Å². The Bertz CT molecular complexity index is 701. The monoisotopic (exact) mass is 301 g/mol. The smallest absolute Gasteiger partial charge is 0.296 e. The lowest BCUT2D eigenvalue weighted by molar-refractivity contribution is -0.384. The highest BCUT2D eigenvalue weighted by Gasteiger charge is 2.12. The number of azo groups is 1. The van der Waals surface area contributed by atoms with Crippen LogP contribution in [0, 0.1) is 10.1 Å². The summed E-state index contributed by atoms with van der Waals surface area (Å²) in [7, 11) is 0. The summed E-state index contributed by atoms with van der Waals surface area (Å²) in [5, 5.41) is 37.3. The summed E-state index contributed by atoms with van der Waals surface area (Å²) in [5.74, 6) is -0.0601. The molecule has 0 spiro atoms. The van der Waals surface area contributed by atoms with Crippen molar-refractivity contribution in [1.82, 2.24) is 0 Å². The first kappa shape index (κ1) is 15.6. The normalized spacial score (nSPS) is 11.0. The van der Waals surface area contributed by atoms with Crippen LogP contribution in [0.2, 0.25) is 0 Å². The molecule has 2 aromatic carbocycles. The van der Waals surface area contributed by atoms with Crippen LogP contribution in [-0.4, -0.2) is 21.7 Å². The summed E-state index contributed by atoms with van der Waals surface area (Å²) in [6.45, 7) is 0.0773. The number of hydrogen-bond donors (Lipinski definition) is 2. The number of nitrogens with zero attached hydrogens (tertiary/aromatic N) is 3. The van der Waals surface area contributed by atoms with Gasteiger partial charge in [-0.2, -0.15) is 0 Å². The first-order chi connectivity index (χ1) is 10.6. The van der Waals surface area contributed by atoms with Gasteiger partial charge in [-0.1, -0.05) is 18.2 Å². The second-order valence-corrected chi connectivity index (χ2v) is 4.60. The van der Waals surface area contributed by atoms with E-state index in [1.807, 2.05) is 0 Å². The van der Waals surface area contributed by atoms with Crippen molar-refractivity contribution >= 4 is 17.1 Å². The molecule has 0 saturated carbocycles. The fourth-order valence-corrected chi connectivity index (χ4v) is 1.90. The van der Waals surface area contributed by atoms with Crippen molar-refractivity contribution in [2.24, 2.45) is 10.2 Å². The van der Waals surface area contributed by atoms with Gasteiger partial charge in [-0.3, -0.25) is 10.1 Å². The quantitative estimate of drug-likeness (QED) is 0.482. The molecule has 0 aliphatic carbocycles. The molecule has 2 aromatic rings. The molecule has 0 fully saturated rings. The van der Waals surface area contributed by atoms with Crippen molar-refractivity contribution in [2.45, 2.75) is 12.8 Å². The van der Waals surface area contributed by atoms with Gasteiger partial charge in [0.25, 0.3) is 5.69 Å². The van der Waals surface area contributed by atoms with Crippen LogP contribution in [-0.2, 0) is 6.42 Å². The van der Waals surface area contributed by atoms with E-state index in [1.165, 1.54) is 18.2 Å². The van der Waals surface area contributed by atoms with Crippen molar-refractivity contribution in [3.05, 3.63) is 58.1 Å². The van der Waals surface area contributed by atoms with E-state index in [2.05, 4.69) is 10.2 Å². The number of para-hydroxylation sites is 1. The molecule has 2 N–H and O–H groups in total. The van der Waals surface area contributed by atoms with E-state index < -0.39 is 4.92 Å². The fraction of sp³-hybridized carbons (Fsp3) is 0.200. The van der Waals surface area contributed by atoms with Crippen molar-refractivity contribution < 1.29 is 15.1 Å². The van der Waals surface area contributed by atoms with Crippen LogP contribution in [0.25, 0.3) is 0 Å². The van der Waals surface area contributed by atoms with Gasteiger partial charge in [0.05, 0.1) is 4.92 Å². The summed E-state index contributed by atoms with van der Waals surface area (Å²) < 4.78 is 0. The Balaban J connectivity index is 2.28. The average molecular weight is 301 g/mol. The lowest BCUT2D eigenvalue weighted by Gasteiger charge is -2.03. The van der Waals surface area contributed by atoms with Gasteiger partial charge in [-0.05, 0) is 36.6 Å². The van der Waals surface area contributed by atoms with Crippen LogP contribution < -0.4 is 0 Å². The number of nitro benzene ring substituents is 1. The van der Waals surface area contributed by atoms with Crippen LogP contribution in [0.1, 0.15) is 12.0 Å². The lowest BCUT2D eigenvalue weighted by Crippen LogP contribution is -1.89. The van der Waals surface area contributed by atoms with Crippen LogP contribution in [0.15, 0.2) is 52.7 Å². The summed E-state index contributed by atoms with van der Waals surface area (Å²) in [6, 6.07) is 10.8. The number of aryl methyl sites for hydroxylation is 1. The molecule has 2 rings (SSSR count). The van der Waals surface area contributed by atoms with Crippen molar-refractivity contribution in [3.63, 3.8) is 0 Å². The maximum atomic E-state index is 10.9. The average Bonchev–Trinajstić information content (AvgIpc) is 2.53. The molecule has 7 nitrogen and oxygen atoms in total. The third-order valence-corrected chi connectivity index (χ3v) is 3.01. The third-order valence-electron chi connectivity index (χ3n) is 3.01. The topological polar surface area (TPSA) is 108 Å². The molecule has 0 atom stereocenters. The molecule has 0 aliphatic rings. The predicted molar refractivity (Wildman–Crippen MR) is 80.8 cm³/mol. The zero-order valence-electron chi connectivity index (χ0n) is 11.7. The van der Waals surface area contributed by atoms with Gasteiger partial charge in [0.15, 0.2) is 5.69 Å². The van der Waals surface area contributed by atoms with Crippen LogP contribution >= 0.6 is 0 Å². The Kier molecular flexibility index (Phi) is 5.16. The highest BCUT2D eigenvalue weighted by molar-refractivity contribution is 5.58. The highest BCUT2D eigenvalue weighted by atomic mass is 16.6. The minimum atomic E-state index is -0.536. The summed E-state index contributed by atoms with van der Waals surface area (Å²) in [5.41, 5.74) is 1.09. The van der Waals surface area contributed by atoms with Crippen molar-refractivity contribution in [2.75, 3.05) is 6.61 Å². The number of nitro groups is 1. The Labute approximate surface area is 126 Å². The summed E-state index contributed by atoms with van der Waals surface area (Å²) in [6.07, 6.45) is 1.25. The number of phenolic OH excluding ortho intramolecular Hbond substituents is 1. The first-order valence-corrected chi connectivity index (χ1v) is 6.69. The molecule has 0 aromatic heterocycles.